The molecular formula is C9H13N2. The molecule has 0 aromatic carbocycles. The molecule has 1 radical (unpaired) electrons. The SMILES string of the molecule is Cc1n[c][nH]c1C1CCCC1. The Morgan fingerprint density at radius 1 is 1.45 bits per heavy atom. The van der Waals surface area contributed by atoms with Crippen LogP contribution < -0.4 is 0 Å². The number of nitrogens with zero attached hydrogens (tertiary/aromatic N) is 1. The van der Waals surface area contributed by atoms with Crippen molar-refractivity contribution in [2.45, 2.75) is 38.5 Å². The number of aromatic amines is 1. The quantitative estimate of drug-likeness (QED) is 0.651. The van der Waals surface area contributed by atoms with Gasteiger partial charge in [-0.2, -0.15) is 0 Å². The molecule has 2 rings (SSSR count). The normalized spacial score (nSPS) is 19.4. The molecule has 0 unspecified atom stereocenters. The van der Waals surface area contributed by atoms with Gasteiger partial charge in [0.05, 0.1) is 5.69 Å². The van der Waals surface area contributed by atoms with Crippen molar-refractivity contribution in [2.24, 2.45) is 0 Å². The highest BCUT2D eigenvalue weighted by Crippen LogP contribution is 2.33. The van der Waals surface area contributed by atoms with Crippen molar-refractivity contribution in [2.75, 3.05) is 0 Å². The van der Waals surface area contributed by atoms with Crippen molar-refractivity contribution in [3.8, 4) is 0 Å². The second-order valence-corrected chi connectivity index (χ2v) is 3.33. The van der Waals surface area contributed by atoms with Gasteiger partial charge in [0.15, 0.2) is 6.33 Å². The summed E-state index contributed by atoms with van der Waals surface area (Å²) in [7, 11) is 0. The molecule has 1 fully saturated rings. The van der Waals surface area contributed by atoms with E-state index >= 15 is 0 Å². The van der Waals surface area contributed by atoms with Crippen LogP contribution in [0.3, 0.4) is 0 Å². The maximum Gasteiger partial charge on any atom is 0.174 e. The Labute approximate surface area is 67.0 Å². The number of nitrogens with one attached hydrogen (secondary N) is 1. The van der Waals surface area contributed by atoms with Crippen LogP contribution in [0.2, 0.25) is 0 Å². The van der Waals surface area contributed by atoms with Gasteiger partial charge in [-0.3, -0.25) is 0 Å². The zero-order valence-electron chi connectivity index (χ0n) is 6.85. The Bertz CT molecular complexity index is 233. The molecule has 2 nitrogen and oxygen atoms in total. The Hall–Kier alpha value is -0.790. The number of aromatic nitrogens is 2. The summed E-state index contributed by atoms with van der Waals surface area (Å²) in [5, 5.41) is 0. The second kappa shape index (κ2) is 2.68. The van der Waals surface area contributed by atoms with E-state index in [0.717, 1.165) is 11.6 Å². The monoisotopic (exact) mass is 149 g/mol. The van der Waals surface area contributed by atoms with Gasteiger partial charge in [-0.25, -0.2) is 4.98 Å². The first-order valence-corrected chi connectivity index (χ1v) is 4.30. The van der Waals surface area contributed by atoms with Gasteiger partial charge in [-0.15, -0.1) is 0 Å². The molecule has 1 heterocycles. The molecular weight excluding hydrogens is 136 g/mol. The zero-order chi connectivity index (χ0) is 7.68. The number of H-pyrrole nitrogens is 1. The number of aryl methyl sites for hydroxylation is 1. The molecule has 0 aliphatic heterocycles. The van der Waals surface area contributed by atoms with Crippen molar-refractivity contribution >= 4 is 0 Å². The minimum absolute atomic E-state index is 0.744. The third-order valence-corrected chi connectivity index (χ3v) is 2.57. The van der Waals surface area contributed by atoms with E-state index in [9.17, 15) is 0 Å². The minimum Gasteiger partial charge on any atom is -0.339 e. The largest absolute Gasteiger partial charge is 0.339 e. The highest BCUT2D eigenvalue weighted by atomic mass is 14.9. The van der Waals surface area contributed by atoms with Crippen molar-refractivity contribution in [1.29, 1.82) is 0 Å². The van der Waals surface area contributed by atoms with Crippen LogP contribution in [-0.4, -0.2) is 9.97 Å². The number of hydrogen-bond donors (Lipinski definition) is 1. The van der Waals surface area contributed by atoms with Crippen molar-refractivity contribution in [3.63, 3.8) is 0 Å². The molecule has 1 N–H and O–H groups in total. The highest BCUT2D eigenvalue weighted by molar-refractivity contribution is 5.14. The first-order valence-electron chi connectivity index (χ1n) is 4.30. The van der Waals surface area contributed by atoms with Crippen molar-refractivity contribution in [1.82, 2.24) is 9.97 Å². The summed E-state index contributed by atoms with van der Waals surface area (Å²) in [5.74, 6) is 0.744. The second-order valence-electron chi connectivity index (χ2n) is 3.33. The lowest BCUT2D eigenvalue weighted by Gasteiger charge is -2.05. The summed E-state index contributed by atoms with van der Waals surface area (Å²) < 4.78 is 0. The first-order chi connectivity index (χ1) is 5.38. The topological polar surface area (TPSA) is 28.7 Å². The third-order valence-electron chi connectivity index (χ3n) is 2.57. The fourth-order valence-electron chi connectivity index (χ4n) is 1.93. The van der Waals surface area contributed by atoms with Crippen LogP contribution in [0.25, 0.3) is 0 Å². The molecule has 1 aliphatic rings. The smallest absolute Gasteiger partial charge is 0.174 e. The Morgan fingerprint density at radius 3 is 2.73 bits per heavy atom. The molecule has 0 saturated heterocycles. The summed E-state index contributed by atoms with van der Waals surface area (Å²) in [6.07, 6.45) is 8.22. The summed E-state index contributed by atoms with van der Waals surface area (Å²) >= 11 is 0. The summed E-state index contributed by atoms with van der Waals surface area (Å²) in [6.45, 7) is 2.06. The van der Waals surface area contributed by atoms with Gasteiger partial charge in [-0.1, -0.05) is 12.8 Å². The standard InChI is InChI=1S/C9H13N2/c1-7-9(11-6-10-7)8-4-2-3-5-8/h8H,2-5H2,1H3,(H,10,11). The van der Waals surface area contributed by atoms with Crippen molar-refractivity contribution in [3.05, 3.63) is 17.7 Å². The lowest BCUT2D eigenvalue weighted by molar-refractivity contribution is 0.696. The maximum absolute atomic E-state index is 4.08. The molecule has 11 heavy (non-hydrogen) atoms. The summed E-state index contributed by atoms with van der Waals surface area (Å²) in [5.41, 5.74) is 2.46. The molecule has 59 valence electrons. The van der Waals surface area contributed by atoms with Gasteiger partial charge in [0.2, 0.25) is 0 Å². The van der Waals surface area contributed by atoms with Gasteiger partial charge < -0.3 is 4.98 Å². The van der Waals surface area contributed by atoms with E-state index < -0.39 is 0 Å². The van der Waals surface area contributed by atoms with Gasteiger partial charge >= 0.3 is 0 Å². The van der Waals surface area contributed by atoms with E-state index in [-0.39, 0.29) is 0 Å². The van der Waals surface area contributed by atoms with Crippen LogP contribution in [0.4, 0.5) is 0 Å². The minimum atomic E-state index is 0.744. The summed E-state index contributed by atoms with van der Waals surface area (Å²) in [4.78, 5) is 7.19. The number of hydrogen-bond acceptors (Lipinski definition) is 1. The highest BCUT2D eigenvalue weighted by Gasteiger charge is 2.19. The van der Waals surface area contributed by atoms with E-state index in [0.29, 0.717) is 0 Å². The molecule has 0 bridgehead atoms. The summed E-state index contributed by atoms with van der Waals surface area (Å²) in [6, 6.07) is 0. The molecule has 0 atom stereocenters. The lowest BCUT2D eigenvalue weighted by Crippen LogP contribution is -1.94. The van der Waals surface area contributed by atoms with Gasteiger partial charge in [0.25, 0.3) is 0 Å². The van der Waals surface area contributed by atoms with Gasteiger partial charge in [0, 0.05) is 11.6 Å². The zero-order valence-corrected chi connectivity index (χ0v) is 6.85. The Morgan fingerprint density at radius 2 is 2.18 bits per heavy atom. The van der Waals surface area contributed by atoms with Crippen LogP contribution >= 0.6 is 0 Å². The molecule has 0 amide bonds. The van der Waals surface area contributed by atoms with E-state index in [2.05, 4.69) is 23.2 Å². The van der Waals surface area contributed by atoms with E-state index in [4.69, 9.17) is 0 Å². The fourth-order valence-corrected chi connectivity index (χ4v) is 1.93. The molecule has 1 aromatic rings. The average Bonchev–Trinajstić information content (AvgIpc) is 2.55. The van der Waals surface area contributed by atoms with Gasteiger partial charge in [-0.05, 0) is 19.8 Å². The first kappa shape index (κ1) is 6.89. The van der Waals surface area contributed by atoms with E-state index in [1.165, 1.54) is 31.4 Å². The van der Waals surface area contributed by atoms with Crippen LogP contribution in [0.15, 0.2) is 0 Å². The Kier molecular flexibility index (Phi) is 1.68. The van der Waals surface area contributed by atoms with Crippen LogP contribution in [-0.2, 0) is 0 Å². The van der Waals surface area contributed by atoms with Crippen LogP contribution in [0.1, 0.15) is 43.0 Å². The number of imidazole rings is 1. The maximum atomic E-state index is 4.08. The van der Waals surface area contributed by atoms with Gasteiger partial charge in [0.1, 0.15) is 0 Å². The predicted molar refractivity (Wildman–Crippen MR) is 43.4 cm³/mol. The Balaban J connectivity index is 2.21. The molecule has 1 aromatic heterocycles. The average molecular weight is 149 g/mol. The molecule has 1 saturated carbocycles. The van der Waals surface area contributed by atoms with Crippen LogP contribution in [0.5, 0.6) is 0 Å². The van der Waals surface area contributed by atoms with E-state index in [1.54, 1.807) is 0 Å². The molecule has 0 spiro atoms. The van der Waals surface area contributed by atoms with Crippen molar-refractivity contribution < 1.29 is 0 Å². The molecule has 2 heteroatoms. The number of rotatable bonds is 1. The van der Waals surface area contributed by atoms with E-state index in [1.807, 2.05) is 0 Å². The predicted octanol–water partition coefficient (Wildman–Crippen LogP) is 2.18. The fraction of sp³-hybridized carbons (Fsp3) is 0.667. The third kappa shape index (κ3) is 1.17. The molecule has 1 aliphatic carbocycles. The lowest BCUT2D eigenvalue weighted by atomic mass is 10.0. The van der Waals surface area contributed by atoms with Crippen LogP contribution in [0, 0.1) is 13.3 Å².